The first-order valence-corrected chi connectivity index (χ1v) is 11.7. The molecule has 1 aromatic carbocycles. The SMILES string of the molecule is Cc1ccc(S(=O)(=O)c2ccc(C(=O)N3CCN(C(=O)c4ccco4)CC3)s2)cc1. The molecule has 0 spiro atoms. The van der Waals surface area contributed by atoms with E-state index in [1.54, 1.807) is 52.3 Å². The molecule has 30 heavy (non-hydrogen) atoms. The normalized spacial score (nSPS) is 14.7. The van der Waals surface area contributed by atoms with Crippen LogP contribution in [-0.2, 0) is 9.84 Å². The van der Waals surface area contributed by atoms with Gasteiger partial charge < -0.3 is 14.2 Å². The molecule has 0 radical (unpaired) electrons. The van der Waals surface area contributed by atoms with E-state index in [1.165, 1.54) is 12.3 Å². The summed E-state index contributed by atoms with van der Waals surface area (Å²) in [5, 5.41) is 0. The minimum atomic E-state index is -3.66. The molecule has 1 aliphatic rings. The van der Waals surface area contributed by atoms with Crippen LogP contribution in [0.25, 0.3) is 0 Å². The van der Waals surface area contributed by atoms with Gasteiger partial charge >= 0.3 is 0 Å². The number of piperazine rings is 1. The van der Waals surface area contributed by atoms with Gasteiger partial charge in [-0.1, -0.05) is 17.7 Å². The van der Waals surface area contributed by atoms with Crippen molar-refractivity contribution in [3.63, 3.8) is 0 Å². The first kappa shape index (κ1) is 20.4. The molecule has 0 N–H and O–H groups in total. The Balaban J connectivity index is 1.43. The third kappa shape index (κ3) is 3.90. The second kappa shape index (κ2) is 8.08. The van der Waals surface area contributed by atoms with Gasteiger partial charge in [0.2, 0.25) is 9.84 Å². The van der Waals surface area contributed by atoms with Gasteiger partial charge in [0.15, 0.2) is 5.76 Å². The molecule has 0 unspecified atom stereocenters. The van der Waals surface area contributed by atoms with Crippen LogP contribution in [0.4, 0.5) is 0 Å². The van der Waals surface area contributed by atoms with E-state index in [2.05, 4.69) is 0 Å². The number of amides is 2. The minimum absolute atomic E-state index is 0.140. The first-order chi connectivity index (χ1) is 14.4. The molecule has 3 heterocycles. The van der Waals surface area contributed by atoms with Crippen molar-refractivity contribution in [1.82, 2.24) is 9.80 Å². The van der Waals surface area contributed by atoms with Crippen molar-refractivity contribution in [2.24, 2.45) is 0 Å². The zero-order valence-corrected chi connectivity index (χ0v) is 17.9. The number of carbonyl (C=O) groups excluding carboxylic acids is 2. The monoisotopic (exact) mass is 444 g/mol. The van der Waals surface area contributed by atoms with E-state index >= 15 is 0 Å². The van der Waals surface area contributed by atoms with E-state index < -0.39 is 9.84 Å². The molecule has 1 fully saturated rings. The van der Waals surface area contributed by atoms with Crippen LogP contribution in [0.1, 0.15) is 25.8 Å². The second-order valence-corrected chi connectivity index (χ2v) is 10.3. The Morgan fingerprint density at radius 2 is 1.53 bits per heavy atom. The number of thiophene rings is 1. The van der Waals surface area contributed by atoms with Crippen molar-refractivity contribution in [2.45, 2.75) is 16.0 Å². The van der Waals surface area contributed by atoms with E-state index in [4.69, 9.17) is 4.42 Å². The highest BCUT2D eigenvalue weighted by atomic mass is 32.2. The summed E-state index contributed by atoms with van der Waals surface area (Å²) in [6.45, 7) is 3.43. The lowest BCUT2D eigenvalue weighted by atomic mass is 10.2. The van der Waals surface area contributed by atoms with Crippen molar-refractivity contribution in [3.05, 3.63) is 71.0 Å². The smallest absolute Gasteiger partial charge is 0.289 e. The van der Waals surface area contributed by atoms with Gasteiger partial charge in [-0.3, -0.25) is 9.59 Å². The average Bonchev–Trinajstić information content (AvgIpc) is 3.46. The Labute approximate surface area is 178 Å². The standard InChI is InChI=1S/C21H20N2O5S2/c1-15-4-6-16(7-5-15)30(26,27)19-9-8-18(29-19)21(25)23-12-10-22(11-13-23)20(24)17-3-2-14-28-17/h2-9,14H,10-13H2,1H3. The molecule has 4 rings (SSSR count). The lowest BCUT2D eigenvalue weighted by Gasteiger charge is -2.34. The van der Waals surface area contributed by atoms with Crippen molar-refractivity contribution in [1.29, 1.82) is 0 Å². The number of rotatable bonds is 4. The van der Waals surface area contributed by atoms with Crippen molar-refractivity contribution >= 4 is 33.0 Å². The van der Waals surface area contributed by atoms with Gasteiger partial charge in [0.1, 0.15) is 4.21 Å². The Morgan fingerprint density at radius 3 is 2.13 bits per heavy atom. The van der Waals surface area contributed by atoms with Crippen LogP contribution in [0.2, 0.25) is 0 Å². The van der Waals surface area contributed by atoms with Crippen LogP contribution in [-0.4, -0.2) is 56.2 Å². The summed E-state index contributed by atoms with van der Waals surface area (Å²) in [6, 6.07) is 12.9. The van der Waals surface area contributed by atoms with Gasteiger partial charge in [-0.05, 0) is 43.3 Å². The molecule has 7 nitrogen and oxygen atoms in total. The molecule has 0 bridgehead atoms. The van der Waals surface area contributed by atoms with Gasteiger partial charge in [-0.15, -0.1) is 11.3 Å². The molecule has 2 amide bonds. The predicted octanol–water partition coefficient (Wildman–Crippen LogP) is 3.08. The average molecular weight is 445 g/mol. The number of aryl methyl sites for hydroxylation is 1. The fourth-order valence-corrected chi connectivity index (χ4v) is 5.91. The molecular formula is C21H20N2O5S2. The maximum absolute atomic E-state index is 12.8. The Kier molecular flexibility index (Phi) is 5.48. The number of furan rings is 1. The molecule has 0 atom stereocenters. The summed E-state index contributed by atoms with van der Waals surface area (Å²) in [5.74, 6) is -0.149. The molecule has 0 aliphatic carbocycles. The number of carbonyl (C=O) groups is 2. The maximum Gasteiger partial charge on any atom is 0.289 e. The highest BCUT2D eigenvalue weighted by Crippen LogP contribution is 2.29. The fourth-order valence-electron chi connectivity index (χ4n) is 3.24. The molecule has 0 saturated carbocycles. The summed E-state index contributed by atoms with van der Waals surface area (Å²) >= 11 is 0.971. The molecular weight excluding hydrogens is 424 g/mol. The largest absolute Gasteiger partial charge is 0.459 e. The number of benzene rings is 1. The maximum atomic E-state index is 12.8. The van der Waals surface area contributed by atoms with Gasteiger partial charge in [0.05, 0.1) is 16.0 Å². The van der Waals surface area contributed by atoms with Crippen molar-refractivity contribution < 1.29 is 22.4 Å². The van der Waals surface area contributed by atoms with E-state index in [0.29, 0.717) is 31.1 Å². The number of sulfone groups is 1. The van der Waals surface area contributed by atoms with Gasteiger partial charge in [0, 0.05) is 26.2 Å². The summed E-state index contributed by atoms with van der Waals surface area (Å²) in [4.78, 5) is 29.0. The number of hydrogen-bond acceptors (Lipinski definition) is 6. The summed E-state index contributed by atoms with van der Waals surface area (Å²) in [5.41, 5.74) is 0.973. The Bertz CT molecular complexity index is 1160. The lowest BCUT2D eigenvalue weighted by molar-refractivity contribution is 0.0520. The van der Waals surface area contributed by atoms with Crippen LogP contribution < -0.4 is 0 Å². The van der Waals surface area contributed by atoms with Crippen LogP contribution in [0, 0.1) is 6.92 Å². The fraction of sp³-hybridized carbons (Fsp3) is 0.238. The quantitative estimate of drug-likeness (QED) is 0.617. The molecule has 1 aliphatic heterocycles. The Morgan fingerprint density at radius 1 is 0.900 bits per heavy atom. The zero-order chi connectivity index (χ0) is 21.3. The molecule has 3 aromatic rings. The summed E-state index contributed by atoms with van der Waals surface area (Å²) < 4.78 is 30.9. The van der Waals surface area contributed by atoms with Gasteiger partial charge in [0.25, 0.3) is 11.8 Å². The van der Waals surface area contributed by atoms with E-state index in [0.717, 1.165) is 16.9 Å². The minimum Gasteiger partial charge on any atom is -0.459 e. The highest BCUT2D eigenvalue weighted by Gasteiger charge is 2.28. The number of hydrogen-bond donors (Lipinski definition) is 0. The van der Waals surface area contributed by atoms with Crippen LogP contribution in [0.15, 0.2) is 68.3 Å². The van der Waals surface area contributed by atoms with Gasteiger partial charge in [-0.2, -0.15) is 0 Å². The van der Waals surface area contributed by atoms with Crippen LogP contribution >= 0.6 is 11.3 Å². The third-order valence-electron chi connectivity index (χ3n) is 4.97. The van der Waals surface area contributed by atoms with Crippen molar-refractivity contribution in [2.75, 3.05) is 26.2 Å². The van der Waals surface area contributed by atoms with E-state index in [-0.39, 0.29) is 26.7 Å². The topological polar surface area (TPSA) is 87.9 Å². The number of nitrogens with zero attached hydrogens (tertiary/aromatic N) is 2. The lowest BCUT2D eigenvalue weighted by Crippen LogP contribution is -2.50. The van der Waals surface area contributed by atoms with E-state index in [1.807, 2.05) is 6.92 Å². The zero-order valence-electron chi connectivity index (χ0n) is 16.3. The molecule has 1 saturated heterocycles. The molecule has 2 aromatic heterocycles. The van der Waals surface area contributed by atoms with Crippen molar-refractivity contribution in [3.8, 4) is 0 Å². The molecule has 156 valence electrons. The predicted molar refractivity (Wildman–Crippen MR) is 111 cm³/mol. The highest BCUT2D eigenvalue weighted by molar-refractivity contribution is 7.93. The summed E-state index contributed by atoms with van der Waals surface area (Å²) in [6.07, 6.45) is 1.45. The van der Waals surface area contributed by atoms with Crippen LogP contribution in [0.3, 0.4) is 0 Å². The molecule has 9 heteroatoms. The second-order valence-electron chi connectivity index (χ2n) is 7.00. The summed E-state index contributed by atoms with van der Waals surface area (Å²) in [7, 11) is -3.66. The first-order valence-electron chi connectivity index (χ1n) is 9.40. The van der Waals surface area contributed by atoms with E-state index in [9.17, 15) is 18.0 Å². The van der Waals surface area contributed by atoms with Gasteiger partial charge in [-0.25, -0.2) is 8.42 Å². The van der Waals surface area contributed by atoms with Crippen LogP contribution in [0.5, 0.6) is 0 Å². The Hall–Kier alpha value is -2.91. The third-order valence-corrected chi connectivity index (χ3v) is 8.31.